The number of nitrogens with zero attached hydrogens (tertiary/aromatic N) is 3. The maximum Gasteiger partial charge on any atom is 0.274 e. The van der Waals surface area contributed by atoms with Crippen LogP contribution in [0.2, 0.25) is 0 Å². The molecule has 3 heterocycles. The van der Waals surface area contributed by atoms with Crippen molar-refractivity contribution < 1.29 is 9.59 Å². The SMILES string of the molecule is C[C@@H]1CN(C(=O)c2cn3c(C(=O)NC[C@@H]4CC[C@@H](C)C(C)(C)[C@H]4C)cccc3n2)CCN1. The molecule has 0 bridgehead atoms. The summed E-state index contributed by atoms with van der Waals surface area (Å²) < 4.78 is 1.74. The normalized spacial score (nSPS) is 28.0. The summed E-state index contributed by atoms with van der Waals surface area (Å²) in [7, 11) is 0. The van der Waals surface area contributed by atoms with Gasteiger partial charge in [-0.2, -0.15) is 0 Å². The van der Waals surface area contributed by atoms with E-state index in [-0.39, 0.29) is 23.3 Å². The molecule has 0 spiro atoms. The molecule has 2 aromatic heterocycles. The van der Waals surface area contributed by atoms with Crippen molar-refractivity contribution in [1.82, 2.24) is 24.9 Å². The van der Waals surface area contributed by atoms with Gasteiger partial charge in [-0.05, 0) is 55.1 Å². The lowest BCUT2D eigenvalue weighted by Gasteiger charge is -2.47. The maximum absolute atomic E-state index is 13.1. The Balaban J connectivity index is 1.48. The number of carbonyl (C=O) groups excluding carboxylic acids is 2. The van der Waals surface area contributed by atoms with Crippen LogP contribution in [-0.4, -0.2) is 58.3 Å². The zero-order valence-corrected chi connectivity index (χ0v) is 20.0. The third-order valence-corrected chi connectivity index (χ3v) is 8.25. The highest BCUT2D eigenvalue weighted by molar-refractivity contribution is 5.95. The molecule has 0 aromatic carbocycles. The lowest BCUT2D eigenvalue weighted by Crippen LogP contribution is -2.51. The molecule has 0 radical (unpaired) electrons. The Morgan fingerprint density at radius 3 is 2.75 bits per heavy atom. The summed E-state index contributed by atoms with van der Waals surface area (Å²) in [5.41, 5.74) is 1.79. The predicted octanol–water partition coefficient (Wildman–Crippen LogP) is 3.21. The van der Waals surface area contributed by atoms with Gasteiger partial charge in [0.15, 0.2) is 0 Å². The van der Waals surface area contributed by atoms with Crippen molar-refractivity contribution in [3.8, 4) is 0 Å². The summed E-state index contributed by atoms with van der Waals surface area (Å²) in [4.78, 5) is 32.4. The van der Waals surface area contributed by atoms with Crippen molar-refractivity contribution >= 4 is 17.5 Å². The standard InChI is InChI=1S/C25H37N5O2/c1-16-9-10-19(18(3)25(16,4)5)13-27-23(31)21-7-6-8-22-28-20(15-30(21)22)24(32)29-12-11-26-17(2)14-29/h6-8,15-19,26H,9-14H2,1-5H3,(H,27,31)/t16-,17-,18+,19+/m1/s1. The van der Waals surface area contributed by atoms with Gasteiger partial charge in [0.1, 0.15) is 17.0 Å². The number of imidazole rings is 1. The first-order valence-electron chi connectivity index (χ1n) is 12.0. The first-order valence-corrected chi connectivity index (χ1v) is 12.0. The van der Waals surface area contributed by atoms with Gasteiger partial charge in [-0.3, -0.25) is 14.0 Å². The van der Waals surface area contributed by atoms with Crippen LogP contribution in [0.3, 0.4) is 0 Å². The van der Waals surface area contributed by atoms with E-state index in [2.05, 4.69) is 50.2 Å². The van der Waals surface area contributed by atoms with E-state index < -0.39 is 0 Å². The number of aromatic nitrogens is 2. The average Bonchev–Trinajstić information content (AvgIpc) is 3.21. The Hall–Kier alpha value is -2.41. The molecule has 32 heavy (non-hydrogen) atoms. The minimum absolute atomic E-state index is 0.0826. The number of amides is 2. The van der Waals surface area contributed by atoms with E-state index in [4.69, 9.17) is 0 Å². The van der Waals surface area contributed by atoms with Crippen LogP contribution in [-0.2, 0) is 0 Å². The van der Waals surface area contributed by atoms with E-state index in [9.17, 15) is 9.59 Å². The number of hydrogen-bond acceptors (Lipinski definition) is 4. The van der Waals surface area contributed by atoms with Gasteiger partial charge >= 0.3 is 0 Å². The van der Waals surface area contributed by atoms with Gasteiger partial charge in [0.2, 0.25) is 0 Å². The number of piperazine rings is 1. The minimum Gasteiger partial charge on any atom is -0.350 e. The van der Waals surface area contributed by atoms with Crippen LogP contribution in [0.1, 0.15) is 68.4 Å². The molecular weight excluding hydrogens is 402 g/mol. The second-order valence-corrected chi connectivity index (χ2v) is 10.4. The molecule has 1 aliphatic heterocycles. The monoisotopic (exact) mass is 439 g/mol. The largest absolute Gasteiger partial charge is 0.350 e. The molecule has 1 saturated carbocycles. The molecule has 1 saturated heterocycles. The van der Waals surface area contributed by atoms with Crippen molar-refractivity contribution in [2.24, 2.45) is 23.2 Å². The summed E-state index contributed by atoms with van der Waals surface area (Å²) in [5.74, 6) is 1.51. The summed E-state index contributed by atoms with van der Waals surface area (Å²) >= 11 is 0. The smallest absolute Gasteiger partial charge is 0.274 e. The fourth-order valence-electron chi connectivity index (χ4n) is 5.31. The highest BCUT2D eigenvalue weighted by Crippen LogP contribution is 2.47. The first kappa shape index (κ1) is 22.8. The van der Waals surface area contributed by atoms with Gasteiger partial charge in [0.05, 0.1) is 0 Å². The van der Waals surface area contributed by atoms with Crippen LogP contribution in [0, 0.1) is 23.2 Å². The van der Waals surface area contributed by atoms with Gasteiger partial charge in [0, 0.05) is 38.4 Å². The molecular formula is C25H37N5O2. The summed E-state index contributed by atoms with van der Waals surface area (Å²) in [5, 5.41) is 6.51. The van der Waals surface area contributed by atoms with Gasteiger partial charge in [0.25, 0.3) is 11.8 Å². The molecule has 4 atom stereocenters. The quantitative estimate of drug-likeness (QED) is 0.767. The molecule has 0 unspecified atom stereocenters. The van der Waals surface area contributed by atoms with Crippen LogP contribution < -0.4 is 10.6 Å². The second-order valence-electron chi connectivity index (χ2n) is 10.4. The van der Waals surface area contributed by atoms with E-state index in [1.54, 1.807) is 16.7 Å². The van der Waals surface area contributed by atoms with Gasteiger partial charge < -0.3 is 15.5 Å². The zero-order chi connectivity index (χ0) is 23.0. The Bertz CT molecular complexity index is 997. The molecule has 2 amide bonds. The summed E-state index contributed by atoms with van der Waals surface area (Å²) in [6.45, 7) is 14.2. The molecule has 174 valence electrons. The van der Waals surface area contributed by atoms with E-state index in [0.29, 0.717) is 54.4 Å². The van der Waals surface area contributed by atoms with Crippen LogP contribution in [0.5, 0.6) is 0 Å². The Morgan fingerprint density at radius 1 is 1.22 bits per heavy atom. The van der Waals surface area contributed by atoms with Crippen LogP contribution in [0.25, 0.3) is 5.65 Å². The first-order chi connectivity index (χ1) is 15.2. The van der Waals surface area contributed by atoms with E-state index in [1.165, 1.54) is 6.42 Å². The lowest BCUT2D eigenvalue weighted by atomic mass is 9.59. The third-order valence-electron chi connectivity index (χ3n) is 8.25. The van der Waals surface area contributed by atoms with Crippen molar-refractivity contribution in [3.05, 3.63) is 35.8 Å². The van der Waals surface area contributed by atoms with Crippen LogP contribution >= 0.6 is 0 Å². The average molecular weight is 440 g/mol. The van der Waals surface area contributed by atoms with Crippen molar-refractivity contribution in [3.63, 3.8) is 0 Å². The van der Waals surface area contributed by atoms with Crippen molar-refractivity contribution in [1.29, 1.82) is 0 Å². The molecule has 2 aliphatic rings. The lowest BCUT2D eigenvalue weighted by molar-refractivity contribution is 0.0324. The number of pyridine rings is 1. The van der Waals surface area contributed by atoms with E-state index in [1.807, 2.05) is 17.0 Å². The second kappa shape index (κ2) is 8.85. The van der Waals surface area contributed by atoms with E-state index >= 15 is 0 Å². The van der Waals surface area contributed by atoms with Gasteiger partial charge in [-0.1, -0.05) is 33.8 Å². The zero-order valence-electron chi connectivity index (χ0n) is 20.0. The fourth-order valence-corrected chi connectivity index (χ4v) is 5.31. The van der Waals surface area contributed by atoms with E-state index in [0.717, 1.165) is 13.0 Å². The number of carbonyl (C=O) groups is 2. The molecule has 1 aliphatic carbocycles. The van der Waals surface area contributed by atoms with Crippen molar-refractivity contribution in [2.45, 2.75) is 53.5 Å². The Morgan fingerprint density at radius 2 is 2.00 bits per heavy atom. The highest BCUT2D eigenvalue weighted by atomic mass is 16.2. The van der Waals surface area contributed by atoms with Crippen LogP contribution in [0.15, 0.2) is 24.4 Å². The molecule has 2 aromatic rings. The van der Waals surface area contributed by atoms with Gasteiger partial charge in [-0.25, -0.2) is 4.98 Å². The Labute approximate surface area is 191 Å². The highest BCUT2D eigenvalue weighted by Gasteiger charge is 2.40. The number of rotatable bonds is 4. The molecule has 4 rings (SSSR count). The molecule has 7 nitrogen and oxygen atoms in total. The predicted molar refractivity (Wildman–Crippen MR) is 126 cm³/mol. The fraction of sp³-hybridized carbons (Fsp3) is 0.640. The molecule has 2 fully saturated rings. The third kappa shape index (κ3) is 4.27. The molecule has 7 heteroatoms. The topological polar surface area (TPSA) is 78.7 Å². The summed E-state index contributed by atoms with van der Waals surface area (Å²) in [6, 6.07) is 5.72. The Kier molecular flexibility index (Phi) is 6.30. The number of nitrogens with one attached hydrogen (secondary N) is 2. The maximum atomic E-state index is 13.1. The number of fused-ring (bicyclic) bond motifs is 1. The van der Waals surface area contributed by atoms with Crippen LogP contribution in [0.4, 0.5) is 0 Å². The number of hydrogen-bond donors (Lipinski definition) is 2. The minimum atomic E-state index is -0.119. The van der Waals surface area contributed by atoms with Crippen molar-refractivity contribution in [2.75, 3.05) is 26.2 Å². The van der Waals surface area contributed by atoms with Gasteiger partial charge in [-0.15, -0.1) is 0 Å². The summed E-state index contributed by atoms with van der Waals surface area (Å²) in [6.07, 6.45) is 4.04. The molecule has 2 N–H and O–H groups in total.